The number of sulfonamides is 1. The van der Waals surface area contributed by atoms with Gasteiger partial charge in [0.05, 0.1) is 17.0 Å². The first-order chi connectivity index (χ1) is 9.87. The van der Waals surface area contributed by atoms with Crippen LogP contribution in [0, 0.1) is 11.7 Å². The third-order valence-electron chi connectivity index (χ3n) is 3.66. The normalized spacial score (nSPS) is 16.6. The Morgan fingerprint density at radius 2 is 1.95 bits per heavy atom. The van der Waals surface area contributed by atoms with Gasteiger partial charge in [-0.1, -0.05) is 19.3 Å². The van der Waals surface area contributed by atoms with Gasteiger partial charge in [-0.3, -0.25) is 4.72 Å². The second kappa shape index (κ2) is 6.43. The molecule has 116 valence electrons. The predicted octanol–water partition coefficient (Wildman–Crippen LogP) is 2.85. The predicted molar refractivity (Wildman–Crippen MR) is 77.3 cm³/mol. The molecule has 0 spiro atoms. The van der Waals surface area contributed by atoms with Crippen LogP contribution in [0.1, 0.15) is 42.5 Å². The number of hydrogen-bond acceptors (Lipinski definition) is 3. The smallest absolute Gasteiger partial charge is 0.337 e. The fraction of sp³-hybridized carbons (Fsp3) is 0.500. The zero-order chi connectivity index (χ0) is 15.5. The number of anilines is 1. The molecule has 2 rings (SSSR count). The second-order valence-corrected chi connectivity index (χ2v) is 7.15. The van der Waals surface area contributed by atoms with Crippen molar-refractivity contribution in [1.82, 2.24) is 0 Å². The van der Waals surface area contributed by atoms with E-state index in [-0.39, 0.29) is 22.9 Å². The summed E-state index contributed by atoms with van der Waals surface area (Å²) in [6, 6.07) is 2.98. The van der Waals surface area contributed by atoms with Gasteiger partial charge in [0.25, 0.3) is 0 Å². The van der Waals surface area contributed by atoms with Crippen LogP contribution in [-0.4, -0.2) is 25.2 Å². The number of benzene rings is 1. The van der Waals surface area contributed by atoms with Gasteiger partial charge in [-0.15, -0.1) is 0 Å². The van der Waals surface area contributed by atoms with E-state index < -0.39 is 21.8 Å². The van der Waals surface area contributed by atoms with Gasteiger partial charge in [0.15, 0.2) is 0 Å². The zero-order valence-electron chi connectivity index (χ0n) is 11.5. The summed E-state index contributed by atoms with van der Waals surface area (Å²) in [7, 11) is -3.64. The summed E-state index contributed by atoms with van der Waals surface area (Å²) >= 11 is 0. The summed E-state index contributed by atoms with van der Waals surface area (Å²) in [5, 5.41) is 9.01. The molecule has 1 aromatic rings. The lowest BCUT2D eigenvalue weighted by molar-refractivity contribution is 0.0697. The molecule has 7 heteroatoms. The standard InChI is InChI=1S/C14H18FNO4S/c15-11-6-7-13(12(8-11)14(17)18)16-21(19,20)9-10-4-2-1-3-5-10/h6-8,10,16H,1-5,9H2,(H,17,18). The highest BCUT2D eigenvalue weighted by molar-refractivity contribution is 7.92. The average molecular weight is 315 g/mol. The maximum Gasteiger partial charge on any atom is 0.337 e. The van der Waals surface area contributed by atoms with Crippen LogP contribution in [0.15, 0.2) is 18.2 Å². The molecule has 0 heterocycles. The summed E-state index contributed by atoms with van der Waals surface area (Å²) in [5.41, 5.74) is -0.484. The molecule has 0 radical (unpaired) electrons. The van der Waals surface area contributed by atoms with Crippen molar-refractivity contribution < 1.29 is 22.7 Å². The van der Waals surface area contributed by atoms with E-state index in [0.29, 0.717) is 0 Å². The number of nitrogens with one attached hydrogen (secondary N) is 1. The number of hydrogen-bond donors (Lipinski definition) is 2. The Morgan fingerprint density at radius 3 is 2.57 bits per heavy atom. The molecule has 2 N–H and O–H groups in total. The van der Waals surface area contributed by atoms with E-state index in [1.54, 1.807) is 0 Å². The van der Waals surface area contributed by atoms with Gasteiger partial charge >= 0.3 is 5.97 Å². The number of aromatic carboxylic acids is 1. The maximum atomic E-state index is 13.1. The minimum Gasteiger partial charge on any atom is -0.478 e. The van der Waals surface area contributed by atoms with Crippen LogP contribution < -0.4 is 4.72 Å². The fourth-order valence-electron chi connectivity index (χ4n) is 2.66. The fourth-order valence-corrected chi connectivity index (χ4v) is 4.21. The lowest BCUT2D eigenvalue weighted by Crippen LogP contribution is -2.25. The first kappa shape index (κ1) is 15.8. The highest BCUT2D eigenvalue weighted by Crippen LogP contribution is 2.26. The monoisotopic (exact) mass is 315 g/mol. The minimum absolute atomic E-state index is 0.0244. The summed E-state index contributed by atoms with van der Waals surface area (Å²) in [5.74, 6) is -2.01. The third-order valence-corrected chi connectivity index (χ3v) is 5.10. The number of rotatable bonds is 5. The van der Waals surface area contributed by atoms with Gasteiger partial charge in [-0.25, -0.2) is 17.6 Å². The van der Waals surface area contributed by atoms with E-state index in [0.717, 1.165) is 50.3 Å². The first-order valence-electron chi connectivity index (χ1n) is 6.91. The van der Waals surface area contributed by atoms with Gasteiger partial charge in [0.1, 0.15) is 5.82 Å². The van der Waals surface area contributed by atoms with Gasteiger partial charge in [-0.05, 0) is 37.0 Å². The van der Waals surface area contributed by atoms with Crippen LogP contribution in [0.3, 0.4) is 0 Å². The van der Waals surface area contributed by atoms with Crippen LogP contribution in [0.5, 0.6) is 0 Å². The van der Waals surface area contributed by atoms with Crippen LogP contribution in [-0.2, 0) is 10.0 Å². The molecule has 5 nitrogen and oxygen atoms in total. The summed E-state index contributed by atoms with van der Waals surface area (Å²) in [4.78, 5) is 11.0. The van der Waals surface area contributed by atoms with Crippen LogP contribution in [0.4, 0.5) is 10.1 Å². The van der Waals surface area contributed by atoms with Crippen molar-refractivity contribution in [2.75, 3.05) is 10.5 Å². The highest BCUT2D eigenvalue weighted by atomic mass is 32.2. The Balaban J connectivity index is 2.14. The van der Waals surface area contributed by atoms with E-state index in [1.807, 2.05) is 0 Å². The number of carboxylic acids is 1. The van der Waals surface area contributed by atoms with E-state index in [4.69, 9.17) is 5.11 Å². The van der Waals surface area contributed by atoms with E-state index >= 15 is 0 Å². The molecule has 21 heavy (non-hydrogen) atoms. The molecule has 1 fully saturated rings. The minimum atomic E-state index is -3.64. The summed E-state index contributed by atoms with van der Waals surface area (Å²) in [6.45, 7) is 0. The lowest BCUT2D eigenvalue weighted by atomic mass is 9.91. The Kier molecular flexibility index (Phi) is 4.82. The number of carboxylic acid groups (broad SMARTS) is 1. The van der Waals surface area contributed by atoms with Crippen molar-refractivity contribution in [3.8, 4) is 0 Å². The molecule has 0 aliphatic heterocycles. The summed E-state index contributed by atoms with van der Waals surface area (Å²) < 4.78 is 39.6. The molecule has 0 atom stereocenters. The van der Waals surface area contributed by atoms with Crippen molar-refractivity contribution in [2.24, 2.45) is 5.92 Å². The maximum absolute atomic E-state index is 13.1. The molecule has 0 bridgehead atoms. The molecule has 0 unspecified atom stereocenters. The van der Waals surface area contributed by atoms with Gasteiger partial charge in [-0.2, -0.15) is 0 Å². The van der Waals surface area contributed by atoms with Crippen molar-refractivity contribution in [1.29, 1.82) is 0 Å². The first-order valence-corrected chi connectivity index (χ1v) is 8.56. The Morgan fingerprint density at radius 1 is 1.29 bits per heavy atom. The number of halogens is 1. The summed E-state index contributed by atoms with van der Waals surface area (Å²) in [6.07, 6.45) is 4.92. The van der Waals surface area contributed by atoms with Crippen molar-refractivity contribution >= 4 is 21.7 Å². The molecule has 1 aliphatic rings. The van der Waals surface area contributed by atoms with Crippen LogP contribution in [0.25, 0.3) is 0 Å². The molecule has 1 aliphatic carbocycles. The van der Waals surface area contributed by atoms with Crippen molar-refractivity contribution in [2.45, 2.75) is 32.1 Å². The third kappa shape index (κ3) is 4.42. The van der Waals surface area contributed by atoms with Gasteiger partial charge in [0, 0.05) is 0 Å². The highest BCUT2D eigenvalue weighted by Gasteiger charge is 2.23. The van der Waals surface area contributed by atoms with Crippen LogP contribution >= 0.6 is 0 Å². The largest absolute Gasteiger partial charge is 0.478 e. The zero-order valence-corrected chi connectivity index (χ0v) is 12.3. The van der Waals surface area contributed by atoms with Gasteiger partial charge < -0.3 is 5.11 Å². The van der Waals surface area contributed by atoms with E-state index in [9.17, 15) is 17.6 Å². The SMILES string of the molecule is O=C(O)c1cc(F)ccc1NS(=O)(=O)CC1CCCCC1. The Labute approximate surface area is 123 Å². The van der Waals surface area contributed by atoms with Gasteiger partial charge in [0.2, 0.25) is 10.0 Å². The molecule has 1 aromatic carbocycles. The molecule has 0 amide bonds. The molecular formula is C14H18FNO4S. The topological polar surface area (TPSA) is 83.5 Å². The van der Waals surface area contributed by atoms with E-state index in [2.05, 4.69) is 4.72 Å². The van der Waals surface area contributed by atoms with Crippen molar-refractivity contribution in [3.05, 3.63) is 29.6 Å². The Bertz CT molecular complexity index is 624. The molecule has 1 saturated carbocycles. The molecule has 0 aromatic heterocycles. The average Bonchev–Trinajstić information content (AvgIpc) is 2.41. The van der Waals surface area contributed by atoms with E-state index in [1.165, 1.54) is 0 Å². The quantitative estimate of drug-likeness (QED) is 0.875. The molecular weight excluding hydrogens is 297 g/mol. The van der Waals surface area contributed by atoms with Crippen LogP contribution in [0.2, 0.25) is 0 Å². The molecule has 0 saturated heterocycles. The van der Waals surface area contributed by atoms with Crippen molar-refractivity contribution in [3.63, 3.8) is 0 Å². The Hall–Kier alpha value is -1.63. The number of carbonyl (C=O) groups is 1. The lowest BCUT2D eigenvalue weighted by Gasteiger charge is -2.21. The second-order valence-electron chi connectivity index (χ2n) is 5.38.